The quantitative estimate of drug-likeness (QED) is 0.221. The van der Waals surface area contributed by atoms with Crippen LogP contribution in [0.15, 0.2) is 77.7 Å². The van der Waals surface area contributed by atoms with Crippen LogP contribution in [0.4, 0.5) is 11.4 Å². The van der Waals surface area contributed by atoms with Gasteiger partial charge in [0.2, 0.25) is 0 Å². The zero-order valence-corrected chi connectivity index (χ0v) is 24.2. The predicted octanol–water partition coefficient (Wildman–Crippen LogP) is 1.35. The number of carbonyl (C=O) groups excluding carboxylic acids is 2. The van der Waals surface area contributed by atoms with E-state index >= 15 is 0 Å². The molecule has 1 amide bonds. The second-order valence-electron chi connectivity index (χ2n) is 9.83. The number of amides is 1. The summed E-state index contributed by atoms with van der Waals surface area (Å²) in [6, 6.07) is 18.5. The molecule has 2 N–H and O–H groups in total. The maximum atomic E-state index is 14.6. The second-order valence-corrected chi connectivity index (χ2v) is 13.2. The Morgan fingerprint density at radius 3 is 1.95 bits per heavy atom. The fourth-order valence-electron chi connectivity index (χ4n) is 5.09. The number of carboxylic acid groups (broad SMARTS) is 1. The Kier molecular flexibility index (Phi) is 9.03. The Morgan fingerprint density at radius 2 is 1.45 bits per heavy atom. The van der Waals surface area contributed by atoms with Crippen LogP contribution >= 0.6 is 0 Å². The molecule has 1 heterocycles. The summed E-state index contributed by atoms with van der Waals surface area (Å²) in [6.45, 7) is 1.29. The molecule has 224 valence electrons. The first-order valence-electron chi connectivity index (χ1n) is 13.0. The molecule has 1 aliphatic heterocycles. The third-order valence-corrected chi connectivity index (χ3v) is 9.63. The average Bonchev–Trinajstić information content (AvgIpc) is 2.94. The molecular weight excluding hydrogens is 586 g/mol. The van der Waals surface area contributed by atoms with E-state index in [1.54, 1.807) is 60.4 Å². The van der Waals surface area contributed by atoms with Crippen LogP contribution in [0.3, 0.4) is 0 Å². The molecule has 1 aliphatic rings. The van der Waals surface area contributed by atoms with E-state index in [-0.39, 0.29) is 35.4 Å². The third kappa shape index (κ3) is 6.03. The van der Waals surface area contributed by atoms with Crippen molar-refractivity contribution in [3.05, 3.63) is 89.5 Å². The third-order valence-electron chi connectivity index (χ3n) is 7.04. The van der Waals surface area contributed by atoms with Crippen LogP contribution in [0.1, 0.15) is 36.0 Å². The number of anilines is 2. The minimum Gasteiger partial charge on any atom is -0.748 e. The number of hydrogen-bond donors (Lipinski definition) is 2. The summed E-state index contributed by atoms with van der Waals surface area (Å²) in [7, 11) is -9.05. The number of carboxylic acids is 1. The summed E-state index contributed by atoms with van der Waals surface area (Å²) < 4.78 is 62.2. The number of hydrogen-bond acceptors (Lipinski definition) is 11. The molecule has 0 radical (unpaired) electrons. The number of benzene rings is 3. The Hall–Kier alpha value is -3.82. The van der Waals surface area contributed by atoms with Gasteiger partial charge in [-0.1, -0.05) is 54.1 Å². The highest BCUT2D eigenvalue weighted by Gasteiger charge is 2.53. The summed E-state index contributed by atoms with van der Waals surface area (Å²) in [5, 5.41) is 21.9. The van der Waals surface area contributed by atoms with Crippen LogP contribution in [-0.4, -0.2) is 61.6 Å². The molecule has 0 fully saturated rings. The molecule has 0 aliphatic carbocycles. The van der Waals surface area contributed by atoms with Gasteiger partial charge in [0.05, 0.1) is 15.0 Å². The highest BCUT2D eigenvalue weighted by molar-refractivity contribution is 7.89. The van der Waals surface area contributed by atoms with Gasteiger partial charge in [0, 0.05) is 47.3 Å². The van der Waals surface area contributed by atoms with Crippen molar-refractivity contribution in [3.8, 4) is 0 Å². The first kappa shape index (κ1) is 31.1. The minimum atomic E-state index is -4.56. The highest BCUT2D eigenvalue weighted by atomic mass is 32.2. The zero-order chi connectivity index (χ0) is 30.7. The lowest BCUT2D eigenvalue weighted by molar-refractivity contribution is -0.305. The van der Waals surface area contributed by atoms with E-state index in [4.69, 9.17) is 0 Å². The molecule has 42 heavy (non-hydrogen) atoms. The van der Waals surface area contributed by atoms with E-state index in [2.05, 4.69) is 5.48 Å². The van der Waals surface area contributed by atoms with Gasteiger partial charge < -0.3 is 24.6 Å². The molecule has 0 unspecified atom stereocenters. The van der Waals surface area contributed by atoms with Gasteiger partial charge in [-0.15, -0.1) is 0 Å². The van der Waals surface area contributed by atoms with Gasteiger partial charge in [-0.25, -0.2) is 21.1 Å². The lowest BCUT2D eigenvalue weighted by Gasteiger charge is -2.45. The number of carbonyl (C=O) groups is 2. The zero-order valence-electron chi connectivity index (χ0n) is 22.6. The smallest absolute Gasteiger partial charge is 0.268 e. The van der Waals surface area contributed by atoms with E-state index in [9.17, 15) is 41.3 Å². The van der Waals surface area contributed by atoms with Gasteiger partial charge in [-0.05, 0) is 50.5 Å². The van der Waals surface area contributed by atoms with Crippen molar-refractivity contribution in [1.82, 2.24) is 9.79 Å². The standard InChI is InChI=1S/C28H31N3O9S2/c1-20-13-15-21(16-14-20)42(39,40)31(18-6-12-26(32)33)27(34)28(29-35)22-8-2-4-10-24(22)30(17-7-19-41(36,37)38)25-11-5-3-9-23(25)28/h2-5,8-11,13-16,29,35H,6-7,12,17-19H2,1H3,(H,32,33)(H,36,37,38)/p-2. The number of aliphatic carboxylic acids is 1. The molecule has 0 spiro atoms. The first-order chi connectivity index (χ1) is 19.8. The molecule has 3 aromatic rings. The van der Waals surface area contributed by atoms with Crippen LogP contribution in [0, 0.1) is 6.92 Å². The molecule has 0 bridgehead atoms. The van der Waals surface area contributed by atoms with Gasteiger partial charge in [-0.2, -0.15) is 5.48 Å². The Labute approximate surface area is 244 Å². The van der Waals surface area contributed by atoms with Crippen molar-refractivity contribution >= 4 is 43.4 Å². The van der Waals surface area contributed by atoms with E-state index < -0.39 is 56.3 Å². The Balaban J connectivity index is 1.90. The van der Waals surface area contributed by atoms with E-state index in [1.165, 1.54) is 24.3 Å². The molecule has 0 saturated heterocycles. The molecular formula is C28H29N3O9S2-2. The number of para-hydroxylation sites is 2. The van der Waals surface area contributed by atoms with Gasteiger partial charge in [0.25, 0.3) is 15.9 Å². The topological polar surface area (TPSA) is 187 Å². The van der Waals surface area contributed by atoms with Gasteiger partial charge in [-0.3, -0.25) is 4.79 Å². The van der Waals surface area contributed by atoms with E-state index in [0.717, 1.165) is 5.56 Å². The summed E-state index contributed by atoms with van der Waals surface area (Å²) in [5.41, 5.74) is 1.72. The summed E-state index contributed by atoms with van der Waals surface area (Å²) >= 11 is 0. The van der Waals surface area contributed by atoms with Crippen LogP contribution in [0.5, 0.6) is 0 Å². The van der Waals surface area contributed by atoms with Gasteiger partial charge >= 0.3 is 0 Å². The number of rotatable bonds is 12. The van der Waals surface area contributed by atoms with E-state index in [1.807, 2.05) is 0 Å². The van der Waals surface area contributed by atoms with E-state index in [0.29, 0.717) is 15.7 Å². The summed E-state index contributed by atoms with van der Waals surface area (Å²) in [5.74, 6) is -3.14. The number of aryl methyl sites for hydroxylation is 1. The highest BCUT2D eigenvalue weighted by Crippen LogP contribution is 2.49. The number of nitrogens with one attached hydrogen (secondary N) is 1. The van der Waals surface area contributed by atoms with Crippen LogP contribution in [-0.2, 0) is 35.3 Å². The minimum absolute atomic E-state index is 0.0425. The number of fused-ring (bicyclic) bond motifs is 2. The molecule has 14 heteroatoms. The molecule has 12 nitrogen and oxygen atoms in total. The van der Waals surface area contributed by atoms with Crippen LogP contribution in [0.25, 0.3) is 0 Å². The van der Waals surface area contributed by atoms with Crippen molar-refractivity contribution in [2.75, 3.05) is 23.7 Å². The summed E-state index contributed by atoms with van der Waals surface area (Å²) in [6.07, 6.45) is -0.810. The number of hydroxylamine groups is 1. The van der Waals surface area contributed by atoms with Crippen molar-refractivity contribution in [1.29, 1.82) is 0 Å². The number of nitrogens with zero attached hydrogens (tertiary/aromatic N) is 2. The van der Waals surface area contributed by atoms with Gasteiger partial charge in [0.1, 0.15) is 0 Å². The molecule has 0 aromatic heterocycles. The van der Waals surface area contributed by atoms with Crippen molar-refractivity contribution in [3.63, 3.8) is 0 Å². The monoisotopic (exact) mass is 615 g/mol. The fourth-order valence-corrected chi connectivity index (χ4v) is 7.03. The first-order valence-corrected chi connectivity index (χ1v) is 16.0. The maximum Gasteiger partial charge on any atom is 0.268 e. The van der Waals surface area contributed by atoms with Crippen molar-refractivity contribution in [2.45, 2.75) is 36.6 Å². The molecule has 3 aromatic carbocycles. The fraction of sp³-hybridized carbons (Fsp3) is 0.286. The summed E-state index contributed by atoms with van der Waals surface area (Å²) in [4.78, 5) is 27.3. The predicted molar refractivity (Wildman–Crippen MR) is 149 cm³/mol. The Morgan fingerprint density at radius 1 is 0.905 bits per heavy atom. The molecule has 4 rings (SSSR count). The largest absolute Gasteiger partial charge is 0.748 e. The SMILES string of the molecule is Cc1ccc(S(=O)(=O)N(CCCC(=O)[O-])C(=O)C2(NO)c3ccccc3N(CCCS(=O)(=O)[O-])c3ccccc32)cc1. The van der Waals surface area contributed by atoms with Crippen molar-refractivity contribution < 1.29 is 41.3 Å². The maximum absolute atomic E-state index is 14.6. The van der Waals surface area contributed by atoms with Crippen LogP contribution in [0.2, 0.25) is 0 Å². The second kappa shape index (κ2) is 12.2. The average molecular weight is 616 g/mol. The lowest BCUT2D eigenvalue weighted by atomic mass is 9.77. The number of sulfonamides is 1. The Bertz CT molecular complexity index is 1640. The molecule has 0 atom stereocenters. The van der Waals surface area contributed by atoms with Crippen molar-refractivity contribution in [2.24, 2.45) is 0 Å². The lowest BCUT2D eigenvalue weighted by Crippen LogP contribution is -2.59. The van der Waals surface area contributed by atoms with Crippen LogP contribution < -0.4 is 15.5 Å². The normalized spacial score (nSPS) is 14.1. The molecule has 0 saturated carbocycles. The van der Waals surface area contributed by atoms with Gasteiger partial charge in [0.15, 0.2) is 5.54 Å².